The van der Waals surface area contributed by atoms with Gasteiger partial charge in [0.2, 0.25) is 11.8 Å². The first-order valence-electron chi connectivity index (χ1n) is 10.3. The SMILES string of the molecule is CCN(CCCC(=O)N1CCN(C(C)=O)CC1)[C@@H](C)Cc1ccc(OC)cc1. The Hall–Kier alpha value is -2.08. The van der Waals surface area contributed by atoms with Gasteiger partial charge in [0, 0.05) is 45.6 Å². The highest BCUT2D eigenvalue weighted by molar-refractivity contribution is 5.77. The van der Waals surface area contributed by atoms with Crippen molar-refractivity contribution < 1.29 is 14.3 Å². The van der Waals surface area contributed by atoms with E-state index in [-0.39, 0.29) is 11.8 Å². The standard InChI is InChI=1S/C22H35N3O3/c1-5-23(18(2)17-20-8-10-21(28-4)11-9-20)12-6-7-22(27)25-15-13-24(14-16-25)19(3)26/h8-11,18H,5-7,12-17H2,1-4H3/t18-/m0/s1. The van der Waals surface area contributed by atoms with Gasteiger partial charge in [-0.15, -0.1) is 0 Å². The minimum absolute atomic E-state index is 0.0940. The molecule has 1 aliphatic heterocycles. The molecule has 28 heavy (non-hydrogen) atoms. The molecule has 0 N–H and O–H groups in total. The van der Waals surface area contributed by atoms with Crippen molar-refractivity contribution >= 4 is 11.8 Å². The molecule has 156 valence electrons. The highest BCUT2D eigenvalue weighted by atomic mass is 16.5. The average Bonchev–Trinajstić information content (AvgIpc) is 2.71. The first kappa shape index (κ1) is 22.2. The Morgan fingerprint density at radius 3 is 2.25 bits per heavy atom. The second kappa shape index (κ2) is 11.1. The Labute approximate surface area is 169 Å². The minimum Gasteiger partial charge on any atom is -0.497 e. The molecule has 2 amide bonds. The lowest BCUT2D eigenvalue weighted by Crippen LogP contribution is -2.50. The highest BCUT2D eigenvalue weighted by Crippen LogP contribution is 2.15. The molecule has 6 heteroatoms. The van der Waals surface area contributed by atoms with Crippen molar-refractivity contribution in [2.24, 2.45) is 0 Å². The Morgan fingerprint density at radius 2 is 1.71 bits per heavy atom. The number of likely N-dealkylation sites (N-methyl/N-ethyl adjacent to an activating group) is 1. The molecule has 0 unspecified atom stereocenters. The van der Waals surface area contributed by atoms with Crippen molar-refractivity contribution in [3.8, 4) is 5.75 Å². The highest BCUT2D eigenvalue weighted by Gasteiger charge is 2.22. The third-order valence-corrected chi connectivity index (χ3v) is 5.63. The number of methoxy groups -OCH3 is 1. The number of carbonyl (C=O) groups excluding carboxylic acids is 2. The molecule has 1 fully saturated rings. The molecule has 6 nitrogen and oxygen atoms in total. The molecule has 1 aromatic rings. The summed E-state index contributed by atoms with van der Waals surface area (Å²) in [6.07, 6.45) is 2.43. The molecule has 1 saturated heterocycles. The number of benzene rings is 1. The van der Waals surface area contributed by atoms with Crippen LogP contribution in [-0.2, 0) is 16.0 Å². The quantitative estimate of drug-likeness (QED) is 0.651. The molecule has 1 aromatic carbocycles. The summed E-state index contributed by atoms with van der Waals surface area (Å²) in [6, 6.07) is 8.67. The molecule has 0 aliphatic carbocycles. The number of rotatable bonds is 9. The number of piperazine rings is 1. The van der Waals surface area contributed by atoms with Crippen molar-refractivity contribution in [1.29, 1.82) is 0 Å². The van der Waals surface area contributed by atoms with Gasteiger partial charge in [0.1, 0.15) is 5.75 Å². The number of hydrogen-bond donors (Lipinski definition) is 0. The van der Waals surface area contributed by atoms with E-state index in [2.05, 4.69) is 30.9 Å². The normalized spacial score (nSPS) is 15.6. The lowest BCUT2D eigenvalue weighted by Gasteiger charge is -2.34. The van der Waals surface area contributed by atoms with Crippen LogP contribution in [0.2, 0.25) is 0 Å². The van der Waals surface area contributed by atoms with Gasteiger partial charge in [-0.1, -0.05) is 19.1 Å². The largest absolute Gasteiger partial charge is 0.497 e. The van der Waals surface area contributed by atoms with Crippen molar-refractivity contribution in [1.82, 2.24) is 14.7 Å². The molecule has 1 atom stereocenters. The summed E-state index contributed by atoms with van der Waals surface area (Å²) in [4.78, 5) is 30.0. The van der Waals surface area contributed by atoms with Gasteiger partial charge in [0.15, 0.2) is 0 Å². The smallest absolute Gasteiger partial charge is 0.222 e. The topological polar surface area (TPSA) is 53.1 Å². The van der Waals surface area contributed by atoms with Crippen molar-refractivity contribution in [3.05, 3.63) is 29.8 Å². The fourth-order valence-corrected chi connectivity index (χ4v) is 3.78. The van der Waals surface area contributed by atoms with Gasteiger partial charge in [-0.2, -0.15) is 0 Å². The third kappa shape index (κ3) is 6.51. The molecular formula is C22H35N3O3. The summed E-state index contributed by atoms with van der Waals surface area (Å²) < 4.78 is 5.22. The van der Waals surface area contributed by atoms with Gasteiger partial charge in [-0.3, -0.25) is 9.59 Å². The summed E-state index contributed by atoms with van der Waals surface area (Å²) in [6.45, 7) is 10.5. The molecule has 0 spiro atoms. The Morgan fingerprint density at radius 1 is 1.11 bits per heavy atom. The van der Waals surface area contributed by atoms with E-state index in [9.17, 15) is 9.59 Å². The third-order valence-electron chi connectivity index (χ3n) is 5.63. The second-order valence-corrected chi connectivity index (χ2v) is 7.52. The number of hydrogen-bond acceptors (Lipinski definition) is 4. The summed E-state index contributed by atoms with van der Waals surface area (Å²) in [5.74, 6) is 1.19. The summed E-state index contributed by atoms with van der Waals surface area (Å²) in [7, 11) is 1.68. The maximum atomic E-state index is 12.5. The average molecular weight is 390 g/mol. The Kier molecular flexibility index (Phi) is 8.77. The van der Waals surface area contributed by atoms with Gasteiger partial charge in [-0.05, 0) is 50.6 Å². The summed E-state index contributed by atoms with van der Waals surface area (Å²) in [5.41, 5.74) is 1.30. The van der Waals surface area contributed by atoms with Crippen LogP contribution in [-0.4, -0.2) is 78.9 Å². The molecular weight excluding hydrogens is 354 g/mol. The van der Waals surface area contributed by atoms with Crippen LogP contribution >= 0.6 is 0 Å². The van der Waals surface area contributed by atoms with Gasteiger partial charge < -0.3 is 19.4 Å². The van der Waals surface area contributed by atoms with E-state index in [4.69, 9.17) is 4.74 Å². The molecule has 2 rings (SSSR count). The van der Waals surface area contributed by atoms with Crippen LogP contribution in [0.5, 0.6) is 5.75 Å². The van der Waals surface area contributed by atoms with Crippen LogP contribution < -0.4 is 4.74 Å². The molecule has 0 radical (unpaired) electrons. The fraction of sp³-hybridized carbons (Fsp3) is 0.636. The predicted molar refractivity (Wildman–Crippen MR) is 111 cm³/mol. The van der Waals surface area contributed by atoms with E-state index in [0.29, 0.717) is 38.6 Å². The van der Waals surface area contributed by atoms with Crippen molar-refractivity contribution in [2.75, 3.05) is 46.4 Å². The van der Waals surface area contributed by atoms with Crippen molar-refractivity contribution in [3.63, 3.8) is 0 Å². The summed E-state index contributed by atoms with van der Waals surface area (Å²) >= 11 is 0. The second-order valence-electron chi connectivity index (χ2n) is 7.52. The van der Waals surface area contributed by atoms with Crippen LogP contribution in [0.15, 0.2) is 24.3 Å². The molecule has 0 bridgehead atoms. The molecule has 1 aliphatic rings. The maximum Gasteiger partial charge on any atom is 0.222 e. The van der Waals surface area contributed by atoms with Crippen LogP contribution in [0.4, 0.5) is 0 Å². The lowest BCUT2D eigenvalue weighted by molar-refractivity contribution is -0.138. The monoisotopic (exact) mass is 389 g/mol. The zero-order valence-electron chi connectivity index (χ0n) is 17.8. The van der Waals surface area contributed by atoms with Crippen LogP contribution in [0.1, 0.15) is 39.2 Å². The lowest BCUT2D eigenvalue weighted by atomic mass is 10.1. The van der Waals surface area contributed by atoms with E-state index < -0.39 is 0 Å². The van der Waals surface area contributed by atoms with E-state index in [0.717, 1.165) is 31.7 Å². The number of amides is 2. The first-order chi connectivity index (χ1) is 13.4. The number of nitrogens with zero attached hydrogens (tertiary/aromatic N) is 3. The van der Waals surface area contributed by atoms with E-state index in [1.807, 2.05) is 21.9 Å². The van der Waals surface area contributed by atoms with Crippen LogP contribution in [0, 0.1) is 0 Å². The van der Waals surface area contributed by atoms with Crippen LogP contribution in [0.3, 0.4) is 0 Å². The first-order valence-corrected chi connectivity index (χ1v) is 10.3. The Bertz CT molecular complexity index is 624. The van der Waals surface area contributed by atoms with Gasteiger partial charge >= 0.3 is 0 Å². The molecule has 1 heterocycles. The van der Waals surface area contributed by atoms with Gasteiger partial charge in [0.25, 0.3) is 0 Å². The van der Waals surface area contributed by atoms with Crippen molar-refractivity contribution in [2.45, 2.75) is 46.1 Å². The van der Waals surface area contributed by atoms with Gasteiger partial charge in [0.05, 0.1) is 7.11 Å². The van der Waals surface area contributed by atoms with Gasteiger partial charge in [-0.25, -0.2) is 0 Å². The number of ether oxygens (including phenoxy) is 1. The van der Waals surface area contributed by atoms with Crippen LogP contribution in [0.25, 0.3) is 0 Å². The van der Waals surface area contributed by atoms with E-state index in [1.165, 1.54) is 5.56 Å². The predicted octanol–water partition coefficient (Wildman–Crippen LogP) is 2.42. The minimum atomic E-state index is 0.0940. The van der Waals surface area contributed by atoms with E-state index >= 15 is 0 Å². The summed E-state index contributed by atoms with van der Waals surface area (Å²) in [5, 5.41) is 0. The fourth-order valence-electron chi connectivity index (χ4n) is 3.78. The Balaban J connectivity index is 1.73. The zero-order valence-corrected chi connectivity index (χ0v) is 17.8. The zero-order chi connectivity index (χ0) is 20.5. The molecule has 0 aromatic heterocycles. The maximum absolute atomic E-state index is 12.5. The number of carbonyl (C=O) groups is 2. The molecule has 0 saturated carbocycles. The van der Waals surface area contributed by atoms with E-state index in [1.54, 1.807) is 14.0 Å².